The number of carbonyl (C=O) groups is 1. The minimum atomic E-state index is -3.24. The smallest absolute Gasteiger partial charge is 0.312 e. The Hall–Kier alpha value is -1.55. The molecule has 7 aliphatic rings. The Morgan fingerprint density at radius 2 is 1.63 bits per heavy atom. The van der Waals surface area contributed by atoms with Crippen LogP contribution in [0.5, 0.6) is 0 Å². The Kier molecular flexibility index (Phi) is 10.2. The molecule has 0 aromatic rings. The van der Waals surface area contributed by atoms with Crippen LogP contribution in [0.15, 0.2) is 35.5 Å². The van der Waals surface area contributed by atoms with Gasteiger partial charge in [-0.05, 0) is 172 Å². The van der Waals surface area contributed by atoms with Gasteiger partial charge in [0.2, 0.25) is 10.0 Å². The number of halogens is 1. The number of alkyl halides is 1. The molecule has 1 saturated heterocycles. The molecule has 0 aromatic heterocycles. The first kappa shape index (κ1) is 40.6. The van der Waals surface area contributed by atoms with Gasteiger partial charge < -0.3 is 15.5 Å². The first-order valence-corrected chi connectivity index (χ1v) is 23.2. The van der Waals surface area contributed by atoms with E-state index in [0.29, 0.717) is 74.8 Å². The molecule has 7 nitrogen and oxygen atoms in total. The molecule has 9 heteroatoms. The number of sulfonamides is 1. The molecular formula is C45H71FN2O5S. The molecular weight excluding hydrogens is 700 g/mol. The van der Waals surface area contributed by atoms with E-state index in [1.165, 1.54) is 65.8 Å². The number of nitrogens with zero attached hydrogens (tertiary/aromatic N) is 1. The lowest BCUT2D eigenvalue weighted by Gasteiger charge is -2.72. The molecule has 4 saturated carbocycles. The molecule has 0 aromatic carbocycles. The van der Waals surface area contributed by atoms with Crippen molar-refractivity contribution in [1.29, 1.82) is 0 Å². The van der Waals surface area contributed by atoms with E-state index in [2.05, 4.69) is 65.6 Å². The second-order valence-electron chi connectivity index (χ2n) is 21.1. The molecule has 0 unspecified atom stereocenters. The van der Waals surface area contributed by atoms with E-state index in [1.807, 2.05) is 0 Å². The van der Waals surface area contributed by atoms with E-state index in [4.69, 9.17) is 0 Å². The lowest BCUT2D eigenvalue weighted by Crippen LogP contribution is -2.68. The summed E-state index contributed by atoms with van der Waals surface area (Å²) in [4.78, 5) is 12.0. The predicted molar refractivity (Wildman–Crippen MR) is 214 cm³/mol. The van der Waals surface area contributed by atoms with Crippen molar-refractivity contribution < 1.29 is 27.8 Å². The number of fused-ring (bicyclic) bond motifs is 7. The molecule has 5 fully saturated rings. The van der Waals surface area contributed by atoms with E-state index in [1.54, 1.807) is 0 Å². The Morgan fingerprint density at radius 3 is 2.22 bits per heavy atom. The van der Waals surface area contributed by atoms with E-state index in [9.17, 15) is 27.8 Å². The first-order chi connectivity index (χ1) is 25.1. The van der Waals surface area contributed by atoms with Crippen LogP contribution < -0.4 is 5.32 Å². The lowest BCUT2D eigenvalue weighted by atomic mass is 9.33. The fraction of sp³-hybridized carbons (Fsp3) is 0.844. The first-order valence-electron chi connectivity index (χ1n) is 21.4. The molecule has 1 heterocycles. The molecule has 7 rings (SSSR count). The molecule has 0 radical (unpaired) electrons. The zero-order chi connectivity index (χ0) is 39.3. The van der Waals surface area contributed by atoms with Crippen LogP contribution in [0.25, 0.3) is 0 Å². The van der Waals surface area contributed by atoms with Gasteiger partial charge in [-0.1, -0.05) is 58.9 Å². The molecule has 0 bridgehead atoms. The molecule has 54 heavy (non-hydrogen) atoms. The Morgan fingerprint density at radius 1 is 0.926 bits per heavy atom. The number of hydrogen-bond donors (Lipinski definition) is 3. The maximum atomic E-state index is 14.0. The van der Waals surface area contributed by atoms with Crippen molar-refractivity contribution in [2.45, 2.75) is 149 Å². The van der Waals surface area contributed by atoms with Crippen molar-refractivity contribution in [2.75, 3.05) is 32.6 Å². The summed E-state index contributed by atoms with van der Waals surface area (Å²) in [5, 5.41) is 25.5. The summed E-state index contributed by atoms with van der Waals surface area (Å²) >= 11 is 0. The van der Waals surface area contributed by atoms with Crippen LogP contribution in [0, 0.1) is 56.7 Å². The summed E-state index contributed by atoms with van der Waals surface area (Å²) in [7, 11) is -3.24. The zero-order valence-electron chi connectivity index (χ0n) is 34.5. The third kappa shape index (κ3) is 6.08. The van der Waals surface area contributed by atoms with Gasteiger partial charge in [-0.3, -0.25) is 4.79 Å². The van der Waals surface area contributed by atoms with Crippen LogP contribution in [0.3, 0.4) is 0 Å². The highest BCUT2D eigenvalue weighted by atomic mass is 32.2. The Labute approximate surface area is 326 Å². The minimum Gasteiger partial charge on any atom is -0.481 e. The number of carboxylic acids is 1. The summed E-state index contributed by atoms with van der Waals surface area (Å²) in [6.45, 7) is 20.4. The van der Waals surface area contributed by atoms with Crippen molar-refractivity contribution in [3.63, 3.8) is 0 Å². The normalized spacial score (nSPS) is 44.5. The van der Waals surface area contributed by atoms with Gasteiger partial charge in [0.15, 0.2) is 0 Å². The molecule has 1 aliphatic heterocycles. The van der Waals surface area contributed by atoms with E-state index < -0.39 is 33.7 Å². The summed E-state index contributed by atoms with van der Waals surface area (Å²) in [6.07, 6.45) is 19.4. The number of nitrogens with one attached hydrogen (secondary N) is 1. The standard InChI is InChI=1S/C45H71FN2O5S/c1-30(2)32-13-20-45(47-26-23-44(51)24-27-48(28-25-44)54(8,52)53)22-21-41(6)34(37(32)45)9-10-36-40(5)16-14-33(39(3,4)35(40)15-17-42(36,41)7)31-11-18-43(29-46,19-12-31)38(49)50/h11,14,32,34-37,47,51H,1,9-10,12-13,15-29H2,2-8H3,(H,49,50)/t32-,34+,35-,36+,37+,40-,41+,42+,43-,45-/m0/s1. The van der Waals surface area contributed by atoms with Gasteiger partial charge in [-0.15, -0.1) is 0 Å². The van der Waals surface area contributed by atoms with Crippen LogP contribution in [0.4, 0.5) is 4.39 Å². The predicted octanol–water partition coefficient (Wildman–Crippen LogP) is 8.85. The third-order valence-corrected chi connectivity index (χ3v) is 19.8. The van der Waals surface area contributed by atoms with E-state index in [-0.39, 0.29) is 33.6 Å². The molecule has 3 N–H and O–H groups in total. The molecule has 10 atom stereocenters. The lowest BCUT2D eigenvalue weighted by molar-refractivity contribution is -0.221. The van der Waals surface area contributed by atoms with Crippen molar-refractivity contribution in [3.8, 4) is 0 Å². The fourth-order valence-electron chi connectivity index (χ4n) is 15.1. The van der Waals surface area contributed by atoms with Crippen LogP contribution in [-0.2, 0) is 14.8 Å². The molecule has 304 valence electrons. The maximum absolute atomic E-state index is 14.0. The minimum absolute atomic E-state index is 0.0372. The fourth-order valence-corrected chi connectivity index (χ4v) is 16.0. The average Bonchev–Trinajstić information content (AvgIpc) is 3.48. The number of aliphatic carboxylic acids is 1. The largest absolute Gasteiger partial charge is 0.481 e. The Balaban J connectivity index is 1.12. The monoisotopic (exact) mass is 771 g/mol. The number of rotatable bonds is 9. The SMILES string of the molecule is C=C(C)[C@@H]1CC[C@]2(NCCC3(O)CCN(S(C)(=O)=O)CC3)CC[C@]3(C)[C@H](CC[C@@H]4[C@@]5(C)CC=C(C6=CC[C@](CF)(C(=O)O)CC6)C(C)(C)[C@@H]5CC[C@]43C)[C@@H]12. The molecule has 0 amide bonds. The van der Waals surface area contributed by atoms with Crippen LogP contribution in [-0.4, -0.2) is 72.6 Å². The van der Waals surface area contributed by atoms with Gasteiger partial charge in [0.05, 0.1) is 17.3 Å². The average molecular weight is 771 g/mol. The van der Waals surface area contributed by atoms with Gasteiger partial charge in [-0.2, -0.15) is 0 Å². The maximum Gasteiger partial charge on any atom is 0.312 e. The highest BCUT2D eigenvalue weighted by Gasteiger charge is 2.70. The van der Waals surface area contributed by atoms with E-state index in [0.717, 1.165) is 25.8 Å². The van der Waals surface area contributed by atoms with Crippen molar-refractivity contribution >= 4 is 16.0 Å². The summed E-state index contributed by atoms with van der Waals surface area (Å²) in [6, 6.07) is 0. The van der Waals surface area contributed by atoms with Gasteiger partial charge in [0, 0.05) is 18.6 Å². The van der Waals surface area contributed by atoms with Crippen LogP contribution >= 0.6 is 0 Å². The van der Waals surface area contributed by atoms with Gasteiger partial charge in [0.1, 0.15) is 6.67 Å². The number of hydrogen-bond acceptors (Lipinski definition) is 5. The quantitative estimate of drug-likeness (QED) is 0.203. The summed E-state index contributed by atoms with van der Waals surface area (Å²) in [5.74, 6) is 1.76. The topological polar surface area (TPSA) is 107 Å². The highest BCUT2D eigenvalue weighted by Crippen LogP contribution is 2.76. The van der Waals surface area contributed by atoms with Crippen molar-refractivity contribution in [3.05, 3.63) is 35.5 Å². The van der Waals surface area contributed by atoms with Crippen LogP contribution in [0.1, 0.15) is 138 Å². The van der Waals surface area contributed by atoms with Crippen molar-refractivity contribution in [1.82, 2.24) is 9.62 Å². The third-order valence-electron chi connectivity index (χ3n) is 18.5. The number of carboxylic acid groups (broad SMARTS) is 1. The van der Waals surface area contributed by atoms with Gasteiger partial charge in [0.25, 0.3) is 0 Å². The summed E-state index contributed by atoms with van der Waals surface area (Å²) in [5.41, 5.74) is 2.46. The zero-order valence-corrected chi connectivity index (χ0v) is 35.4. The molecule has 0 spiro atoms. The summed E-state index contributed by atoms with van der Waals surface area (Å²) < 4.78 is 39.7. The number of allylic oxidation sites excluding steroid dienone is 5. The molecule has 6 aliphatic carbocycles. The second-order valence-corrected chi connectivity index (χ2v) is 23.1. The second kappa shape index (κ2) is 13.5. The number of piperidine rings is 1. The number of aliphatic hydroxyl groups is 1. The van der Waals surface area contributed by atoms with Gasteiger partial charge in [-0.25, -0.2) is 17.1 Å². The highest BCUT2D eigenvalue weighted by molar-refractivity contribution is 7.88. The van der Waals surface area contributed by atoms with Crippen molar-refractivity contribution in [2.24, 2.45) is 56.7 Å². The Bertz CT molecular complexity index is 1700. The van der Waals surface area contributed by atoms with Crippen LogP contribution in [0.2, 0.25) is 0 Å². The van der Waals surface area contributed by atoms with E-state index >= 15 is 0 Å². The van der Waals surface area contributed by atoms with Gasteiger partial charge >= 0.3 is 5.97 Å².